The maximum atomic E-state index is 12.0. The Morgan fingerprint density at radius 2 is 1.89 bits per heavy atom. The summed E-state index contributed by atoms with van der Waals surface area (Å²) in [5.41, 5.74) is 1.64. The highest BCUT2D eigenvalue weighted by Crippen LogP contribution is 2.22. The van der Waals surface area contributed by atoms with E-state index in [-0.39, 0.29) is 6.03 Å². The number of urea groups is 1. The number of amides is 2. The summed E-state index contributed by atoms with van der Waals surface area (Å²) >= 11 is 6.14. The van der Waals surface area contributed by atoms with Gasteiger partial charge in [-0.1, -0.05) is 17.7 Å². The van der Waals surface area contributed by atoms with Gasteiger partial charge in [-0.15, -0.1) is 0 Å². The molecule has 0 saturated carbocycles. The lowest BCUT2D eigenvalue weighted by atomic mass is 10.1. The number of benzene rings is 1. The summed E-state index contributed by atoms with van der Waals surface area (Å²) in [6.07, 6.45) is 3.69. The summed E-state index contributed by atoms with van der Waals surface area (Å²) in [6.45, 7) is 6.95. The van der Waals surface area contributed by atoms with E-state index in [2.05, 4.69) is 30.8 Å². The summed E-state index contributed by atoms with van der Waals surface area (Å²) in [4.78, 5) is 23.3. The van der Waals surface area contributed by atoms with Crippen LogP contribution in [0.25, 0.3) is 0 Å². The molecule has 150 valence electrons. The molecule has 0 bridgehead atoms. The number of anilines is 3. The molecule has 1 aliphatic heterocycles. The first kappa shape index (κ1) is 20.2. The lowest BCUT2D eigenvalue weighted by Gasteiger charge is -2.28. The van der Waals surface area contributed by atoms with Gasteiger partial charge in [0.05, 0.1) is 10.7 Å². The maximum absolute atomic E-state index is 12.0. The number of hydrogen-bond acceptors (Lipinski definition) is 5. The number of carbonyl (C=O) groups is 1. The van der Waals surface area contributed by atoms with Crippen molar-refractivity contribution in [2.45, 2.75) is 33.1 Å². The minimum Gasteiger partial charge on any atom is -0.368 e. The van der Waals surface area contributed by atoms with Crippen LogP contribution in [0.15, 0.2) is 24.3 Å². The van der Waals surface area contributed by atoms with Gasteiger partial charge in [-0.3, -0.25) is 0 Å². The second kappa shape index (κ2) is 9.59. The second-order valence-corrected chi connectivity index (χ2v) is 7.40. The predicted octanol–water partition coefficient (Wildman–Crippen LogP) is 3.97. The van der Waals surface area contributed by atoms with E-state index in [0.717, 1.165) is 36.1 Å². The Labute approximate surface area is 170 Å². The van der Waals surface area contributed by atoms with Gasteiger partial charge in [0, 0.05) is 32.2 Å². The van der Waals surface area contributed by atoms with Gasteiger partial charge in [0.2, 0.25) is 0 Å². The minimum absolute atomic E-state index is 0.291. The first-order valence-corrected chi connectivity index (χ1v) is 10.0. The van der Waals surface area contributed by atoms with Crippen LogP contribution in [0.3, 0.4) is 0 Å². The van der Waals surface area contributed by atoms with Crippen molar-refractivity contribution in [3.63, 3.8) is 0 Å². The van der Waals surface area contributed by atoms with E-state index in [4.69, 9.17) is 11.6 Å². The number of aromatic nitrogens is 2. The highest BCUT2D eigenvalue weighted by atomic mass is 35.5. The SMILES string of the molecule is Cc1ccc(NC(=O)NCCNc2cc(N3CCCCC3)nc(C)n2)c(Cl)c1. The molecule has 1 aromatic heterocycles. The maximum Gasteiger partial charge on any atom is 0.319 e. The Bertz CT molecular complexity index is 822. The predicted molar refractivity (Wildman–Crippen MR) is 115 cm³/mol. The first-order chi connectivity index (χ1) is 13.5. The number of piperidine rings is 1. The van der Waals surface area contributed by atoms with Crippen LogP contribution in [-0.2, 0) is 0 Å². The normalized spacial score (nSPS) is 13.9. The molecule has 2 amide bonds. The van der Waals surface area contributed by atoms with E-state index in [1.54, 1.807) is 6.07 Å². The van der Waals surface area contributed by atoms with Gasteiger partial charge in [0.1, 0.15) is 17.5 Å². The van der Waals surface area contributed by atoms with Gasteiger partial charge < -0.3 is 20.9 Å². The zero-order valence-corrected chi connectivity index (χ0v) is 17.1. The molecule has 0 radical (unpaired) electrons. The third-order valence-electron chi connectivity index (χ3n) is 4.59. The molecule has 0 aliphatic carbocycles. The van der Waals surface area contributed by atoms with Crippen molar-refractivity contribution >= 4 is 35.0 Å². The summed E-state index contributed by atoms with van der Waals surface area (Å²) in [7, 11) is 0. The standard InChI is InChI=1S/C20H27ClN6O/c1-14-6-7-17(16(21)12-14)26-20(28)23-9-8-22-18-13-19(25-15(2)24-18)27-10-4-3-5-11-27/h6-7,12-13H,3-5,8-11H2,1-2H3,(H,22,24,25)(H2,23,26,28). The molecule has 0 unspecified atom stereocenters. The Morgan fingerprint density at radius 3 is 2.64 bits per heavy atom. The molecule has 28 heavy (non-hydrogen) atoms. The van der Waals surface area contributed by atoms with Crippen LogP contribution in [0.4, 0.5) is 22.1 Å². The Kier molecular flexibility index (Phi) is 6.92. The van der Waals surface area contributed by atoms with Crippen LogP contribution in [0.1, 0.15) is 30.7 Å². The van der Waals surface area contributed by atoms with Gasteiger partial charge in [-0.25, -0.2) is 14.8 Å². The number of nitrogens with one attached hydrogen (secondary N) is 3. The van der Waals surface area contributed by atoms with Crippen LogP contribution in [0, 0.1) is 13.8 Å². The number of halogens is 1. The lowest BCUT2D eigenvalue weighted by molar-refractivity contribution is 0.252. The van der Waals surface area contributed by atoms with Gasteiger partial charge in [0.25, 0.3) is 0 Å². The molecule has 2 aromatic rings. The van der Waals surface area contributed by atoms with Crippen LogP contribution >= 0.6 is 11.6 Å². The van der Waals surface area contributed by atoms with Crippen molar-refractivity contribution in [3.05, 3.63) is 40.7 Å². The van der Waals surface area contributed by atoms with E-state index < -0.39 is 0 Å². The second-order valence-electron chi connectivity index (χ2n) is 7.00. The quantitative estimate of drug-likeness (QED) is 0.637. The van der Waals surface area contributed by atoms with Crippen LogP contribution in [0.2, 0.25) is 5.02 Å². The molecule has 2 heterocycles. The van der Waals surface area contributed by atoms with E-state index in [9.17, 15) is 4.79 Å². The van der Waals surface area contributed by atoms with Crippen molar-refractivity contribution in [2.75, 3.05) is 41.7 Å². The molecule has 3 N–H and O–H groups in total. The summed E-state index contributed by atoms with van der Waals surface area (Å²) in [5.74, 6) is 2.48. The molecule has 1 saturated heterocycles. The number of hydrogen-bond donors (Lipinski definition) is 3. The van der Waals surface area contributed by atoms with Crippen LogP contribution < -0.4 is 20.9 Å². The Hall–Kier alpha value is -2.54. The molecule has 1 fully saturated rings. The van der Waals surface area contributed by atoms with E-state index in [0.29, 0.717) is 23.8 Å². The molecule has 8 heteroatoms. The first-order valence-electron chi connectivity index (χ1n) is 9.67. The summed E-state index contributed by atoms with van der Waals surface area (Å²) < 4.78 is 0. The fraction of sp³-hybridized carbons (Fsp3) is 0.450. The minimum atomic E-state index is -0.291. The van der Waals surface area contributed by atoms with Gasteiger partial charge in [-0.2, -0.15) is 0 Å². The van der Waals surface area contributed by atoms with Crippen molar-refractivity contribution in [3.8, 4) is 0 Å². The van der Waals surface area contributed by atoms with Crippen LogP contribution in [0.5, 0.6) is 0 Å². The Balaban J connectivity index is 1.47. The van der Waals surface area contributed by atoms with Gasteiger partial charge >= 0.3 is 6.03 Å². The molecular weight excluding hydrogens is 376 g/mol. The molecule has 0 spiro atoms. The van der Waals surface area contributed by atoms with Crippen molar-refractivity contribution in [1.29, 1.82) is 0 Å². The third-order valence-corrected chi connectivity index (χ3v) is 4.91. The van der Waals surface area contributed by atoms with E-state index in [1.165, 1.54) is 19.3 Å². The third kappa shape index (κ3) is 5.73. The molecule has 1 aromatic carbocycles. The summed E-state index contributed by atoms with van der Waals surface area (Å²) in [6, 6.07) is 7.20. The monoisotopic (exact) mass is 402 g/mol. The van der Waals surface area contributed by atoms with E-state index in [1.807, 2.05) is 32.0 Å². The Morgan fingerprint density at radius 1 is 1.11 bits per heavy atom. The fourth-order valence-corrected chi connectivity index (χ4v) is 3.46. The fourth-order valence-electron chi connectivity index (χ4n) is 3.18. The van der Waals surface area contributed by atoms with Gasteiger partial charge in [0.15, 0.2) is 0 Å². The average molecular weight is 403 g/mol. The highest BCUT2D eigenvalue weighted by Gasteiger charge is 2.13. The number of rotatable bonds is 6. The molecule has 1 aliphatic rings. The molecule has 3 rings (SSSR count). The molecule has 0 atom stereocenters. The van der Waals surface area contributed by atoms with Crippen molar-refractivity contribution < 1.29 is 4.79 Å². The van der Waals surface area contributed by atoms with Crippen molar-refractivity contribution in [2.24, 2.45) is 0 Å². The largest absolute Gasteiger partial charge is 0.368 e. The van der Waals surface area contributed by atoms with Crippen molar-refractivity contribution in [1.82, 2.24) is 15.3 Å². The summed E-state index contributed by atoms with van der Waals surface area (Å²) in [5, 5.41) is 9.35. The topological polar surface area (TPSA) is 82.2 Å². The highest BCUT2D eigenvalue weighted by molar-refractivity contribution is 6.33. The number of aryl methyl sites for hydroxylation is 2. The number of carbonyl (C=O) groups excluding carboxylic acids is 1. The molecular formula is C20H27ClN6O. The smallest absolute Gasteiger partial charge is 0.319 e. The van der Waals surface area contributed by atoms with Crippen LogP contribution in [-0.4, -0.2) is 42.2 Å². The van der Waals surface area contributed by atoms with E-state index >= 15 is 0 Å². The zero-order chi connectivity index (χ0) is 19.9. The zero-order valence-electron chi connectivity index (χ0n) is 16.4. The van der Waals surface area contributed by atoms with Gasteiger partial charge in [-0.05, 0) is 50.8 Å². The number of nitrogens with zero attached hydrogens (tertiary/aromatic N) is 3. The average Bonchev–Trinajstić information content (AvgIpc) is 2.68. The lowest BCUT2D eigenvalue weighted by Crippen LogP contribution is -2.33. The molecule has 7 nitrogen and oxygen atoms in total.